The van der Waals surface area contributed by atoms with Gasteiger partial charge in [-0.15, -0.1) is 11.6 Å². The number of hydrogen-bond donors (Lipinski definition) is 3. The Morgan fingerprint density at radius 2 is 1.17 bits per heavy atom. The highest BCUT2D eigenvalue weighted by Gasteiger charge is 2.52. The van der Waals surface area contributed by atoms with Crippen LogP contribution >= 0.6 is 11.6 Å². The van der Waals surface area contributed by atoms with E-state index < -0.39 is 174 Å². The van der Waals surface area contributed by atoms with Crippen LogP contribution < -0.4 is 16.0 Å². The van der Waals surface area contributed by atoms with Crippen LogP contribution in [0.1, 0.15) is 208 Å². The van der Waals surface area contributed by atoms with Gasteiger partial charge in [0.1, 0.15) is 47.8 Å². The Morgan fingerprint density at radius 1 is 0.594 bits per heavy atom. The standard InChI is InChI=1S/C73H120ClF3N12O12/c1-14-47(5)62-69(99)83(9)44-60(92)81(7)45-61(93)85(11)56(41-49-27-19-16-20-28-49)67(97)82(8)43-58(90)78-54(34-32-50-31-33-52(53(74)40-50)73(75,76)77)66(96)89(15-2)48(6)64(94)80-72(35-23-24-36-72)71(101)87(13)63(51-29-21-17-22-30-51)70(100)86(12)57(68(98)88-37-25-18-26-38-88)42-59(91)84(10)55(39-46(3)4)65(95)79-62/h46-57,62-63H,14-45H2,1-13H3,(H,78,90)(H,79,95)(H,80,94)/t47-,48-,50?,52?,53?,54-,55-,56-,57-,62-,63-/m0/s1. The highest BCUT2D eigenvalue weighted by molar-refractivity contribution is 6.21. The van der Waals surface area contributed by atoms with Crippen molar-refractivity contribution in [1.82, 2.24) is 60.0 Å². The summed E-state index contributed by atoms with van der Waals surface area (Å²) < 4.78 is 42.1. The number of likely N-dealkylation sites (N-methyl/N-ethyl adjacent to an activating group) is 8. The maximum Gasteiger partial charge on any atom is 0.393 e. The third-order valence-electron chi connectivity index (χ3n) is 23.1. The summed E-state index contributed by atoms with van der Waals surface area (Å²) in [5, 5.41) is 7.55. The van der Waals surface area contributed by atoms with Gasteiger partial charge in [-0.3, -0.25) is 57.5 Å². The molecule has 3 unspecified atom stereocenters. The SMILES string of the molecule is CC[C@H](C)[C@@H]1NC(=O)[C@H](CC(C)C)N(C)C(=O)C[C@@H](C(=O)N2CCCCC2)N(C)C(=O)[C@H](C2CCCCC2)N(C)C(=O)C2(CCCC2)NC(=O)[C@H](C)N(CC)C(=O)[C@H](CCC2CCC(C(F)(F)F)C(Cl)C2)NC(=O)CN(C)C(=O)[C@H](CC2CCCCC2)N(C)C(=O)CN(C)C(=O)CN(C)C1=O. The average Bonchev–Trinajstić information content (AvgIpc) is 1.76. The molecule has 0 bridgehead atoms. The molecular formula is C73H120ClF3N12O12. The maximum absolute atomic E-state index is 15.8. The van der Waals surface area contributed by atoms with Gasteiger partial charge in [0, 0.05) is 74.3 Å². The fourth-order valence-electron chi connectivity index (χ4n) is 16.3. The molecule has 4 aliphatic carbocycles. The lowest BCUT2D eigenvalue weighted by atomic mass is 9.78. The van der Waals surface area contributed by atoms with Gasteiger partial charge in [0.05, 0.1) is 32.0 Å². The van der Waals surface area contributed by atoms with Gasteiger partial charge in [-0.1, -0.05) is 98.3 Å². The number of likely N-dealkylation sites (tertiary alicyclic amines) is 1. The lowest BCUT2D eigenvalue weighted by Crippen LogP contribution is -2.65. The third-order valence-corrected chi connectivity index (χ3v) is 23.6. The summed E-state index contributed by atoms with van der Waals surface area (Å²) in [4.78, 5) is 191. The van der Waals surface area contributed by atoms with E-state index in [4.69, 9.17) is 11.6 Å². The summed E-state index contributed by atoms with van der Waals surface area (Å²) in [6.07, 6.45) is 7.19. The number of piperidine rings is 1. The zero-order chi connectivity index (χ0) is 75.0. The number of carbonyl (C=O) groups is 12. The van der Waals surface area contributed by atoms with Crippen molar-refractivity contribution in [3.63, 3.8) is 0 Å². The Bertz CT molecular complexity index is 2880. The lowest BCUT2D eigenvalue weighted by molar-refractivity contribution is -0.182. The van der Waals surface area contributed by atoms with Gasteiger partial charge in [0.15, 0.2) is 0 Å². The van der Waals surface area contributed by atoms with Crippen molar-refractivity contribution in [1.29, 1.82) is 0 Å². The molecule has 0 aromatic carbocycles. The van der Waals surface area contributed by atoms with Crippen molar-refractivity contribution in [2.45, 2.75) is 268 Å². The number of nitrogens with zero attached hydrogens (tertiary/aromatic N) is 9. The highest BCUT2D eigenvalue weighted by atomic mass is 35.5. The summed E-state index contributed by atoms with van der Waals surface area (Å²) >= 11 is 6.40. The Kier molecular flexibility index (Phi) is 31.4. The number of halogens is 4. The molecule has 3 N–H and O–H groups in total. The Morgan fingerprint density at radius 3 is 1.74 bits per heavy atom. The van der Waals surface area contributed by atoms with Crippen LogP contribution in [0.3, 0.4) is 0 Å². The van der Waals surface area contributed by atoms with Crippen LogP contribution in [0.2, 0.25) is 0 Å². The first kappa shape index (κ1) is 83.7. The molecule has 6 aliphatic rings. The molecular weight excluding hydrogens is 1330 g/mol. The first-order valence-electron chi connectivity index (χ1n) is 37.6. The smallest absolute Gasteiger partial charge is 0.343 e. The minimum Gasteiger partial charge on any atom is -0.343 e. The van der Waals surface area contributed by atoms with Crippen LogP contribution in [0.15, 0.2) is 0 Å². The largest absolute Gasteiger partial charge is 0.393 e. The zero-order valence-corrected chi connectivity index (χ0v) is 63.4. The molecule has 101 heavy (non-hydrogen) atoms. The van der Waals surface area contributed by atoms with E-state index in [9.17, 15) is 41.9 Å². The van der Waals surface area contributed by atoms with E-state index >= 15 is 28.8 Å². The second-order valence-electron chi connectivity index (χ2n) is 30.9. The van der Waals surface area contributed by atoms with Gasteiger partial charge in [0.2, 0.25) is 70.9 Å². The molecule has 12 amide bonds. The second kappa shape index (κ2) is 37.9. The van der Waals surface area contributed by atoms with Gasteiger partial charge in [0.25, 0.3) is 0 Å². The van der Waals surface area contributed by atoms with Crippen LogP contribution in [0.4, 0.5) is 13.2 Å². The topological polar surface area (TPSA) is 270 Å². The van der Waals surface area contributed by atoms with E-state index in [-0.39, 0.29) is 82.1 Å². The van der Waals surface area contributed by atoms with Crippen molar-refractivity contribution in [2.75, 3.05) is 88.6 Å². The van der Waals surface area contributed by atoms with Crippen LogP contribution in [-0.2, 0) is 57.5 Å². The van der Waals surface area contributed by atoms with Gasteiger partial charge in [-0.05, 0) is 133 Å². The van der Waals surface area contributed by atoms with Gasteiger partial charge >= 0.3 is 6.18 Å². The molecule has 0 aromatic heterocycles. The quantitative estimate of drug-likeness (QED) is 0.172. The second-order valence-corrected chi connectivity index (χ2v) is 31.4. The van der Waals surface area contributed by atoms with Crippen LogP contribution in [0.5, 0.6) is 0 Å². The minimum atomic E-state index is -4.51. The molecule has 2 saturated heterocycles. The first-order chi connectivity index (χ1) is 47.6. The first-order valence-corrected chi connectivity index (χ1v) is 38.0. The number of nitrogens with one attached hydrogen (secondary N) is 3. The molecule has 0 aromatic rings. The molecule has 24 nitrogen and oxygen atoms in total. The van der Waals surface area contributed by atoms with Crippen molar-refractivity contribution in [2.24, 2.45) is 35.5 Å². The number of carbonyl (C=O) groups excluding carboxylic acids is 12. The molecule has 11 atom stereocenters. The molecule has 6 fully saturated rings. The van der Waals surface area contributed by atoms with Crippen LogP contribution in [0.25, 0.3) is 0 Å². The fourth-order valence-corrected chi connectivity index (χ4v) is 16.8. The predicted octanol–water partition coefficient (Wildman–Crippen LogP) is 6.73. The Balaban J connectivity index is 1.43. The van der Waals surface area contributed by atoms with Crippen LogP contribution in [0, 0.1) is 35.5 Å². The van der Waals surface area contributed by atoms with Gasteiger partial charge < -0.3 is 60.0 Å². The number of rotatable bonds is 12. The van der Waals surface area contributed by atoms with Gasteiger partial charge in [-0.25, -0.2) is 0 Å². The molecule has 28 heteroatoms. The third kappa shape index (κ3) is 21.9. The molecule has 572 valence electrons. The Hall–Kier alpha value is -6.28. The van der Waals surface area contributed by atoms with E-state index in [1.54, 1.807) is 18.7 Å². The predicted molar refractivity (Wildman–Crippen MR) is 377 cm³/mol. The van der Waals surface area contributed by atoms with Crippen LogP contribution in [-0.4, -0.2) is 263 Å². The summed E-state index contributed by atoms with van der Waals surface area (Å²) in [6.45, 7) is 9.52. The van der Waals surface area contributed by atoms with Crippen molar-refractivity contribution < 1.29 is 70.7 Å². The van der Waals surface area contributed by atoms with Crippen molar-refractivity contribution >= 4 is 82.5 Å². The van der Waals surface area contributed by atoms with Crippen molar-refractivity contribution in [3.8, 4) is 0 Å². The van der Waals surface area contributed by atoms with Gasteiger partial charge in [-0.2, -0.15) is 13.2 Å². The number of amides is 12. The molecule has 2 heterocycles. The van der Waals surface area contributed by atoms with E-state index in [1.807, 2.05) is 20.8 Å². The summed E-state index contributed by atoms with van der Waals surface area (Å²) in [7, 11) is 10.1. The molecule has 4 saturated carbocycles. The molecule has 6 rings (SSSR count). The number of hydrogen-bond acceptors (Lipinski definition) is 12. The summed E-state index contributed by atoms with van der Waals surface area (Å²) in [5.74, 6) is -10.8. The molecule has 0 radical (unpaired) electrons. The molecule has 2 aliphatic heterocycles. The highest BCUT2D eigenvalue weighted by Crippen LogP contribution is 2.44. The lowest BCUT2D eigenvalue weighted by Gasteiger charge is -2.43. The normalized spacial score (nSPS) is 29.4. The van der Waals surface area contributed by atoms with Crippen molar-refractivity contribution in [3.05, 3.63) is 0 Å². The Labute approximate surface area is 602 Å². The maximum atomic E-state index is 15.8. The van der Waals surface area contributed by atoms with E-state index in [0.717, 1.165) is 72.5 Å². The molecule has 1 spiro atoms. The summed E-state index contributed by atoms with van der Waals surface area (Å²) in [5.41, 5.74) is -1.58. The van der Waals surface area contributed by atoms with E-state index in [2.05, 4.69) is 16.0 Å². The number of alkyl halides is 4. The fraction of sp³-hybridized carbons (Fsp3) is 0.836. The summed E-state index contributed by atoms with van der Waals surface area (Å²) in [6, 6.07) is -8.73. The monoisotopic (exact) mass is 1450 g/mol. The van der Waals surface area contributed by atoms with E-state index in [1.165, 1.54) is 80.8 Å². The minimum absolute atomic E-state index is 0.00923. The average molecular weight is 1450 g/mol. The zero-order valence-electron chi connectivity index (χ0n) is 62.6. The van der Waals surface area contributed by atoms with E-state index in [0.29, 0.717) is 58.0 Å².